The van der Waals surface area contributed by atoms with Crippen LogP contribution in [0.2, 0.25) is 0 Å². The molecule has 1 heterocycles. The molecule has 1 aromatic heterocycles. The first kappa shape index (κ1) is 14.8. The van der Waals surface area contributed by atoms with Crippen LogP contribution in [-0.4, -0.2) is 11.8 Å². The van der Waals surface area contributed by atoms with E-state index in [1.165, 1.54) is 4.88 Å². The average Bonchev–Trinajstić information content (AvgIpc) is 2.92. The first-order valence-corrected chi connectivity index (χ1v) is 8.20. The topological polar surface area (TPSA) is 58.2 Å². The van der Waals surface area contributed by atoms with Crippen LogP contribution in [0.3, 0.4) is 0 Å². The number of rotatable bonds is 3. The molecule has 1 aliphatic rings. The Morgan fingerprint density at radius 1 is 1.23 bits per heavy atom. The van der Waals surface area contributed by atoms with Gasteiger partial charge in [-0.3, -0.25) is 4.79 Å². The fourth-order valence-electron chi connectivity index (χ4n) is 2.63. The number of Topliss-reactive ketones (excluding diaryl/α,β-unsaturated/α-hetero) is 1. The lowest BCUT2D eigenvalue weighted by Crippen LogP contribution is -2.28. The molecule has 4 nitrogen and oxygen atoms in total. The second-order valence-corrected chi connectivity index (χ2v) is 6.84. The normalized spacial score (nSPS) is 13.6. The number of benzene rings is 1. The quantitative estimate of drug-likeness (QED) is 0.903. The summed E-state index contributed by atoms with van der Waals surface area (Å²) in [5.74, 6) is 0.166. The van der Waals surface area contributed by atoms with Gasteiger partial charge in [0.2, 0.25) is 0 Å². The highest BCUT2D eigenvalue weighted by molar-refractivity contribution is 7.11. The number of amides is 2. The standard InChI is InChI=1S/C17H18N2O2S/c1-11-5-8-14(22-11)10-18-17(21)19-13-7-6-12-3-2-4-16(20)15(12)9-13/h5-9H,2-4,10H2,1H3,(H2,18,19,21). The van der Waals surface area contributed by atoms with E-state index in [0.717, 1.165) is 28.8 Å². The number of fused-ring (bicyclic) bond motifs is 1. The SMILES string of the molecule is Cc1ccc(CNC(=O)Nc2ccc3c(c2)C(=O)CCC3)s1. The molecule has 0 saturated carbocycles. The van der Waals surface area contributed by atoms with E-state index in [-0.39, 0.29) is 11.8 Å². The highest BCUT2D eigenvalue weighted by Crippen LogP contribution is 2.24. The van der Waals surface area contributed by atoms with E-state index >= 15 is 0 Å². The Labute approximate surface area is 133 Å². The van der Waals surface area contributed by atoms with Gasteiger partial charge in [-0.2, -0.15) is 0 Å². The van der Waals surface area contributed by atoms with Crippen LogP contribution in [0.1, 0.15) is 38.5 Å². The maximum atomic E-state index is 11.9. The van der Waals surface area contributed by atoms with Crippen molar-refractivity contribution in [3.63, 3.8) is 0 Å². The van der Waals surface area contributed by atoms with Crippen molar-refractivity contribution in [1.82, 2.24) is 5.32 Å². The van der Waals surface area contributed by atoms with Gasteiger partial charge in [0.1, 0.15) is 0 Å². The molecule has 3 rings (SSSR count). The average molecular weight is 314 g/mol. The van der Waals surface area contributed by atoms with Crippen molar-refractivity contribution in [3.8, 4) is 0 Å². The molecule has 0 saturated heterocycles. The zero-order valence-electron chi connectivity index (χ0n) is 12.4. The molecule has 2 amide bonds. The Morgan fingerprint density at radius 2 is 2.09 bits per heavy atom. The van der Waals surface area contributed by atoms with E-state index in [1.54, 1.807) is 17.4 Å². The van der Waals surface area contributed by atoms with E-state index in [4.69, 9.17) is 0 Å². The first-order valence-electron chi connectivity index (χ1n) is 7.38. The van der Waals surface area contributed by atoms with Crippen molar-refractivity contribution < 1.29 is 9.59 Å². The van der Waals surface area contributed by atoms with Crippen LogP contribution in [0.25, 0.3) is 0 Å². The van der Waals surface area contributed by atoms with Gasteiger partial charge < -0.3 is 10.6 Å². The number of carbonyl (C=O) groups excluding carboxylic acids is 2. The number of hydrogen-bond acceptors (Lipinski definition) is 3. The third kappa shape index (κ3) is 3.36. The molecule has 22 heavy (non-hydrogen) atoms. The molecule has 2 aromatic rings. The largest absolute Gasteiger partial charge is 0.333 e. The monoisotopic (exact) mass is 314 g/mol. The van der Waals surface area contributed by atoms with Crippen molar-refractivity contribution >= 4 is 28.8 Å². The molecule has 2 N–H and O–H groups in total. The van der Waals surface area contributed by atoms with Crippen molar-refractivity contribution in [2.45, 2.75) is 32.7 Å². The third-order valence-electron chi connectivity index (χ3n) is 3.74. The zero-order valence-corrected chi connectivity index (χ0v) is 13.3. The fourth-order valence-corrected chi connectivity index (χ4v) is 3.46. The summed E-state index contributed by atoms with van der Waals surface area (Å²) < 4.78 is 0. The number of anilines is 1. The molecule has 0 aliphatic heterocycles. The number of hydrogen-bond donors (Lipinski definition) is 2. The van der Waals surface area contributed by atoms with Gasteiger partial charge in [0.15, 0.2) is 5.78 Å². The van der Waals surface area contributed by atoms with Crippen molar-refractivity contribution in [3.05, 3.63) is 51.2 Å². The first-order chi connectivity index (χ1) is 10.6. The summed E-state index contributed by atoms with van der Waals surface area (Å²) in [6.07, 6.45) is 2.45. The highest BCUT2D eigenvalue weighted by Gasteiger charge is 2.17. The van der Waals surface area contributed by atoms with Gasteiger partial charge >= 0.3 is 6.03 Å². The van der Waals surface area contributed by atoms with Crippen LogP contribution in [0.5, 0.6) is 0 Å². The van der Waals surface area contributed by atoms with Crippen LogP contribution >= 0.6 is 11.3 Å². The maximum absolute atomic E-state index is 11.9. The third-order valence-corrected chi connectivity index (χ3v) is 4.74. The molecule has 0 unspecified atom stereocenters. The molecule has 114 valence electrons. The number of aryl methyl sites for hydroxylation is 2. The predicted octanol–water partition coefficient (Wildman–Crippen LogP) is 3.90. The van der Waals surface area contributed by atoms with Gasteiger partial charge in [-0.05, 0) is 49.6 Å². The van der Waals surface area contributed by atoms with Gasteiger partial charge in [0, 0.05) is 27.4 Å². The van der Waals surface area contributed by atoms with E-state index in [0.29, 0.717) is 18.7 Å². The lowest BCUT2D eigenvalue weighted by atomic mass is 9.90. The van der Waals surface area contributed by atoms with E-state index in [9.17, 15) is 9.59 Å². The predicted molar refractivity (Wildman–Crippen MR) is 88.6 cm³/mol. The van der Waals surface area contributed by atoms with Crippen LogP contribution in [0.4, 0.5) is 10.5 Å². The van der Waals surface area contributed by atoms with E-state index < -0.39 is 0 Å². The minimum atomic E-state index is -0.255. The lowest BCUT2D eigenvalue weighted by molar-refractivity contribution is 0.0972. The summed E-state index contributed by atoms with van der Waals surface area (Å²) in [6, 6.07) is 9.36. The minimum absolute atomic E-state index is 0.166. The van der Waals surface area contributed by atoms with Crippen molar-refractivity contribution in [1.29, 1.82) is 0 Å². The fraction of sp³-hybridized carbons (Fsp3) is 0.294. The number of ketones is 1. The van der Waals surface area contributed by atoms with E-state index in [2.05, 4.69) is 10.6 Å². The molecule has 1 aliphatic carbocycles. The summed E-state index contributed by atoms with van der Waals surface area (Å²) in [5.41, 5.74) is 2.49. The second-order valence-electron chi connectivity index (χ2n) is 5.47. The Balaban J connectivity index is 1.62. The molecule has 0 spiro atoms. The van der Waals surface area contributed by atoms with Gasteiger partial charge in [-0.25, -0.2) is 4.79 Å². The Morgan fingerprint density at radius 3 is 2.86 bits per heavy atom. The zero-order chi connectivity index (χ0) is 15.5. The van der Waals surface area contributed by atoms with Gasteiger partial charge in [0.05, 0.1) is 6.54 Å². The highest BCUT2D eigenvalue weighted by atomic mass is 32.1. The van der Waals surface area contributed by atoms with Gasteiger partial charge in [0.25, 0.3) is 0 Å². The van der Waals surface area contributed by atoms with Gasteiger partial charge in [-0.15, -0.1) is 11.3 Å². The van der Waals surface area contributed by atoms with Gasteiger partial charge in [-0.1, -0.05) is 6.07 Å². The molecular weight excluding hydrogens is 296 g/mol. The summed E-state index contributed by atoms with van der Waals surface area (Å²) in [7, 11) is 0. The van der Waals surface area contributed by atoms with E-state index in [1.807, 2.05) is 31.2 Å². The van der Waals surface area contributed by atoms with Crippen LogP contribution in [0, 0.1) is 6.92 Å². The number of carbonyl (C=O) groups is 2. The Bertz CT molecular complexity index is 721. The molecule has 0 atom stereocenters. The lowest BCUT2D eigenvalue weighted by Gasteiger charge is -2.16. The molecule has 0 bridgehead atoms. The Hall–Kier alpha value is -2.14. The Kier molecular flexibility index (Phi) is 4.24. The molecule has 0 radical (unpaired) electrons. The summed E-state index contributed by atoms with van der Waals surface area (Å²) >= 11 is 1.67. The minimum Gasteiger partial charge on any atom is -0.333 e. The summed E-state index contributed by atoms with van der Waals surface area (Å²) in [4.78, 5) is 26.2. The summed E-state index contributed by atoms with van der Waals surface area (Å²) in [6.45, 7) is 2.55. The smallest absolute Gasteiger partial charge is 0.319 e. The summed E-state index contributed by atoms with van der Waals surface area (Å²) in [5, 5.41) is 5.62. The van der Waals surface area contributed by atoms with Crippen molar-refractivity contribution in [2.24, 2.45) is 0 Å². The number of nitrogens with one attached hydrogen (secondary N) is 2. The second kappa shape index (κ2) is 6.32. The van der Waals surface area contributed by atoms with Crippen LogP contribution in [-0.2, 0) is 13.0 Å². The number of thiophene rings is 1. The molecule has 1 aromatic carbocycles. The molecule has 0 fully saturated rings. The number of urea groups is 1. The van der Waals surface area contributed by atoms with Crippen LogP contribution in [0.15, 0.2) is 30.3 Å². The van der Waals surface area contributed by atoms with Crippen molar-refractivity contribution in [2.75, 3.05) is 5.32 Å². The molecule has 5 heteroatoms. The molecular formula is C17H18N2O2S. The van der Waals surface area contributed by atoms with Crippen LogP contribution < -0.4 is 10.6 Å². The maximum Gasteiger partial charge on any atom is 0.319 e.